The second kappa shape index (κ2) is 7.46. The van der Waals surface area contributed by atoms with Crippen molar-refractivity contribution in [2.75, 3.05) is 45.8 Å². The molecule has 0 aromatic rings. The Morgan fingerprint density at radius 3 is 2.57 bits per heavy atom. The van der Waals surface area contributed by atoms with Crippen LogP contribution in [0.25, 0.3) is 0 Å². The highest BCUT2D eigenvalue weighted by Gasteiger charge is 2.17. The maximum absolute atomic E-state index is 5.51. The molecule has 0 atom stereocenters. The Morgan fingerprint density at radius 2 is 2.00 bits per heavy atom. The SMILES string of the molecule is COC1CCN(CCOCCCl)CC1. The number of rotatable bonds is 6. The summed E-state index contributed by atoms with van der Waals surface area (Å²) in [5, 5.41) is 0. The lowest BCUT2D eigenvalue weighted by molar-refractivity contribution is 0.0300. The second-order valence-corrected chi connectivity index (χ2v) is 3.96. The normalized spacial score (nSPS) is 20.1. The maximum atomic E-state index is 5.51. The van der Waals surface area contributed by atoms with Crippen LogP contribution in [0, 0.1) is 0 Å². The number of likely N-dealkylation sites (tertiary alicyclic amines) is 1. The summed E-state index contributed by atoms with van der Waals surface area (Å²) in [6.45, 7) is 4.74. The molecule has 1 fully saturated rings. The van der Waals surface area contributed by atoms with E-state index < -0.39 is 0 Å². The van der Waals surface area contributed by atoms with E-state index in [0.29, 0.717) is 18.6 Å². The monoisotopic (exact) mass is 221 g/mol. The third-order valence-corrected chi connectivity index (χ3v) is 2.80. The smallest absolute Gasteiger partial charge is 0.0602 e. The summed E-state index contributed by atoms with van der Waals surface area (Å²) in [4.78, 5) is 2.42. The van der Waals surface area contributed by atoms with Gasteiger partial charge in [0.1, 0.15) is 0 Å². The zero-order valence-corrected chi connectivity index (χ0v) is 9.63. The Morgan fingerprint density at radius 1 is 1.29 bits per heavy atom. The average molecular weight is 222 g/mol. The summed E-state index contributed by atoms with van der Waals surface area (Å²) in [6.07, 6.45) is 2.76. The van der Waals surface area contributed by atoms with Crippen molar-refractivity contribution in [1.29, 1.82) is 0 Å². The van der Waals surface area contributed by atoms with Crippen LogP contribution in [0.3, 0.4) is 0 Å². The van der Waals surface area contributed by atoms with Crippen molar-refractivity contribution in [3.8, 4) is 0 Å². The molecule has 0 aromatic carbocycles. The molecule has 0 aromatic heterocycles. The first-order valence-electron chi connectivity index (χ1n) is 5.25. The molecule has 14 heavy (non-hydrogen) atoms. The number of methoxy groups -OCH3 is 1. The third-order valence-electron chi connectivity index (χ3n) is 2.64. The van der Waals surface area contributed by atoms with Gasteiger partial charge in [-0.1, -0.05) is 0 Å². The van der Waals surface area contributed by atoms with Crippen molar-refractivity contribution >= 4 is 11.6 Å². The van der Waals surface area contributed by atoms with E-state index in [4.69, 9.17) is 21.1 Å². The van der Waals surface area contributed by atoms with Gasteiger partial charge in [0.15, 0.2) is 0 Å². The van der Waals surface area contributed by atoms with Crippen LogP contribution >= 0.6 is 11.6 Å². The predicted octanol–water partition coefficient (Wildman–Crippen LogP) is 1.35. The van der Waals surface area contributed by atoms with Crippen molar-refractivity contribution in [1.82, 2.24) is 4.90 Å². The molecular formula is C10H20ClNO2. The zero-order chi connectivity index (χ0) is 10.2. The van der Waals surface area contributed by atoms with Crippen LogP contribution in [0.1, 0.15) is 12.8 Å². The summed E-state index contributed by atoms with van der Waals surface area (Å²) in [7, 11) is 1.80. The number of hydrogen-bond donors (Lipinski definition) is 0. The van der Waals surface area contributed by atoms with Crippen LogP contribution in [0.15, 0.2) is 0 Å². The lowest BCUT2D eigenvalue weighted by Crippen LogP contribution is -2.38. The molecule has 0 bridgehead atoms. The van der Waals surface area contributed by atoms with E-state index >= 15 is 0 Å². The van der Waals surface area contributed by atoms with Crippen LogP contribution in [0.2, 0.25) is 0 Å². The van der Waals surface area contributed by atoms with Gasteiger partial charge in [0.2, 0.25) is 0 Å². The largest absolute Gasteiger partial charge is 0.381 e. The van der Waals surface area contributed by atoms with Crippen LogP contribution in [0.5, 0.6) is 0 Å². The lowest BCUT2D eigenvalue weighted by Gasteiger charge is -2.30. The van der Waals surface area contributed by atoms with E-state index in [2.05, 4.69) is 4.90 Å². The topological polar surface area (TPSA) is 21.7 Å². The summed E-state index contributed by atoms with van der Waals surface area (Å²) in [5.74, 6) is 0.589. The van der Waals surface area contributed by atoms with Gasteiger partial charge in [0.25, 0.3) is 0 Å². The molecule has 0 N–H and O–H groups in total. The Balaban J connectivity index is 1.98. The third kappa shape index (κ3) is 4.60. The van der Waals surface area contributed by atoms with Crippen LogP contribution in [0.4, 0.5) is 0 Å². The number of ether oxygens (including phenoxy) is 2. The molecule has 84 valence electrons. The van der Waals surface area contributed by atoms with Crippen molar-refractivity contribution in [3.05, 3.63) is 0 Å². The fourth-order valence-corrected chi connectivity index (χ4v) is 1.83. The first-order chi connectivity index (χ1) is 6.86. The summed E-state index contributed by atoms with van der Waals surface area (Å²) in [5.41, 5.74) is 0. The van der Waals surface area contributed by atoms with Gasteiger partial charge in [-0.2, -0.15) is 0 Å². The van der Waals surface area contributed by atoms with Gasteiger partial charge in [-0.3, -0.25) is 0 Å². The van der Waals surface area contributed by atoms with Gasteiger partial charge in [0, 0.05) is 32.6 Å². The van der Waals surface area contributed by atoms with E-state index in [0.717, 1.165) is 39.1 Å². The zero-order valence-electron chi connectivity index (χ0n) is 8.88. The number of piperidine rings is 1. The first-order valence-corrected chi connectivity index (χ1v) is 5.79. The fraction of sp³-hybridized carbons (Fsp3) is 1.00. The molecule has 3 nitrogen and oxygen atoms in total. The van der Waals surface area contributed by atoms with E-state index in [9.17, 15) is 0 Å². The molecule has 0 spiro atoms. The van der Waals surface area contributed by atoms with E-state index in [1.165, 1.54) is 0 Å². The highest BCUT2D eigenvalue weighted by atomic mass is 35.5. The van der Waals surface area contributed by atoms with Crippen LogP contribution < -0.4 is 0 Å². The summed E-state index contributed by atoms with van der Waals surface area (Å²) < 4.78 is 10.6. The van der Waals surface area contributed by atoms with E-state index in [1.807, 2.05) is 0 Å². The van der Waals surface area contributed by atoms with E-state index in [1.54, 1.807) is 7.11 Å². The Kier molecular flexibility index (Phi) is 6.52. The van der Waals surface area contributed by atoms with Crippen LogP contribution in [-0.4, -0.2) is 56.8 Å². The van der Waals surface area contributed by atoms with Crippen molar-refractivity contribution in [3.63, 3.8) is 0 Å². The first kappa shape index (κ1) is 12.2. The lowest BCUT2D eigenvalue weighted by atomic mass is 10.1. The van der Waals surface area contributed by atoms with Crippen molar-refractivity contribution < 1.29 is 9.47 Å². The number of alkyl halides is 1. The molecule has 1 heterocycles. The molecule has 1 saturated heterocycles. The van der Waals surface area contributed by atoms with Gasteiger partial charge in [-0.15, -0.1) is 11.6 Å². The van der Waals surface area contributed by atoms with Gasteiger partial charge in [-0.25, -0.2) is 0 Å². The van der Waals surface area contributed by atoms with Gasteiger partial charge in [-0.05, 0) is 12.8 Å². The minimum absolute atomic E-state index is 0.468. The Labute approximate surface area is 91.3 Å². The van der Waals surface area contributed by atoms with Gasteiger partial charge >= 0.3 is 0 Å². The number of hydrogen-bond acceptors (Lipinski definition) is 3. The molecule has 1 aliphatic rings. The van der Waals surface area contributed by atoms with Gasteiger partial charge < -0.3 is 14.4 Å². The predicted molar refractivity (Wildman–Crippen MR) is 58.0 cm³/mol. The summed E-state index contributed by atoms with van der Waals surface area (Å²) >= 11 is 5.51. The van der Waals surface area contributed by atoms with E-state index in [-0.39, 0.29) is 0 Å². The second-order valence-electron chi connectivity index (χ2n) is 3.58. The average Bonchev–Trinajstić information content (AvgIpc) is 2.25. The molecular weight excluding hydrogens is 202 g/mol. The fourth-order valence-electron chi connectivity index (χ4n) is 1.72. The molecule has 1 rings (SSSR count). The number of nitrogens with zero attached hydrogens (tertiary/aromatic N) is 1. The highest BCUT2D eigenvalue weighted by molar-refractivity contribution is 6.17. The highest BCUT2D eigenvalue weighted by Crippen LogP contribution is 2.11. The minimum Gasteiger partial charge on any atom is -0.381 e. The standard InChI is InChI=1S/C10H20ClNO2/c1-13-10-2-5-12(6-3-10)7-9-14-8-4-11/h10H,2-9H2,1H3. The van der Waals surface area contributed by atoms with Gasteiger partial charge in [0.05, 0.1) is 19.3 Å². The maximum Gasteiger partial charge on any atom is 0.0602 e. The summed E-state index contributed by atoms with van der Waals surface area (Å²) in [6, 6.07) is 0. The molecule has 0 radical (unpaired) electrons. The van der Waals surface area contributed by atoms with Crippen molar-refractivity contribution in [2.24, 2.45) is 0 Å². The molecule has 0 saturated carbocycles. The molecule has 0 unspecified atom stereocenters. The molecule has 1 aliphatic heterocycles. The number of halogens is 1. The molecule has 0 amide bonds. The molecule has 4 heteroatoms. The Bertz CT molecular complexity index is 138. The van der Waals surface area contributed by atoms with Crippen molar-refractivity contribution in [2.45, 2.75) is 18.9 Å². The minimum atomic E-state index is 0.468. The quantitative estimate of drug-likeness (QED) is 0.499. The van der Waals surface area contributed by atoms with Crippen LogP contribution in [-0.2, 0) is 9.47 Å². The molecule has 0 aliphatic carbocycles. The Hall–Kier alpha value is 0.170.